The van der Waals surface area contributed by atoms with Crippen molar-refractivity contribution in [3.05, 3.63) is 0 Å². The van der Waals surface area contributed by atoms with Crippen molar-refractivity contribution in [1.29, 1.82) is 0 Å². The minimum absolute atomic E-state index is 0.0450. The molecule has 1 saturated heterocycles. The molecular weight excluding hydrogens is 312 g/mol. The Balaban J connectivity index is 2.50. The number of sulfone groups is 1. The Kier molecular flexibility index (Phi) is 7.52. The van der Waals surface area contributed by atoms with Crippen molar-refractivity contribution >= 4 is 15.7 Å². The van der Waals surface area contributed by atoms with E-state index in [1.807, 2.05) is 13.8 Å². The van der Waals surface area contributed by atoms with Crippen LogP contribution in [0.4, 0.5) is 0 Å². The molecule has 1 aliphatic rings. The molecule has 0 unspecified atom stereocenters. The van der Waals surface area contributed by atoms with Gasteiger partial charge in [-0.25, -0.2) is 8.42 Å². The minimum atomic E-state index is -3.31. The number of hydrogen-bond acceptors (Lipinski definition) is 4. The molecule has 0 saturated carbocycles. The highest BCUT2D eigenvalue weighted by molar-refractivity contribution is 7.92. The van der Waals surface area contributed by atoms with Crippen LogP contribution in [-0.4, -0.2) is 55.9 Å². The number of carbonyl (C=O) groups excluding carboxylic acids is 1. The standard InChI is InChI=1S/C17H34N2O3S/c1-6-15-8-7-9-19(10-15)17(4,5)13-18-16(20)12-23(21,22)11-14(2)3/h14-15H,6-13H2,1-5H3,(H,18,20)/t15-/m1/s1. The molecule has 5 nitrogen and oxygen atoms in total. The first-order chi connectivity index (χ1) is 10.6. The monoisotopic (exact) mass is 346 g/mol. The Hall–Kier alpha value is -0.620. The highest BCUT2D eigenvalue weighted by atomic mass is 32.2. The van der Waals surface area contributed by atoms with Gasteiger partial charge >= 0.3 is 0 Å². The predicted molar refractivity (Wildman–Crippen MR) is 95.2 cm³/mol. The van der Waals surface area contributed by atoms with Crippen LogP contribution in [0.2, 0.25) is 0 Å². The first-order valence-electron chi connectivity index (χ1n) is 8.78. The number of nitrogens with zero attached hydrogens (tertiary/aromatic N) is 1. The van der Waals surface area contributed by atoms with Crippen LogP contribution in [0.3, 0.4) is 0 Å². The summed E-state index contributed by atoms with van der Waals surface area (Å²) < 4.78 is 23.8. The molecule has 0 aromatic heterocycles. The van der Waals surface area contributed by atoms with Gasteiger partial charge in [-0.05, 0) is 45.1 Å². The van der Waals surface area contributed by atoms with E-state index in [0.717, 1.165) is 19.0 Å². The van der Waals surface area contributed by atoms with Crippen LogP contribution < -0.4 is 5.32 Å². The Morgan fingerprint density at radius 1 is 1.35 bits per heavy atom. The van der Waals surface area contributed by atoms with E-state index in [4.69, 9.17) is 0 Å². The van der Waals surface area contributed by atoms with E-state index in [9.17, 15) is 13.2 Å². The van der Waals surface area contributed by atoms with Gasteiger partial charge in [0.15, 0.2) is 9.84 Å². The quantitative estimate of drug-likeness (QED) is 0.731. The first-order valence-corrected chi connectivity index (χ1v) is 10.6. The molecule has 1 N–H and O–H groups in total. The van der Waals surface area contributed by atoms with Crippen molar-refractivity contribution in [2.24, 2.45) is 11.8 Å². The second-order valence-electron chi connectivity index (χ2n) is 7.90. The number of hydrogen-bond donors (Lipinski definition) is 1. The van der Waals surface area contributed by atoms with Gasteiger partial charge in [-0.15, -0.1) is 0 Å². The van der Waals surface area contributed by atoms with Gasteiger partial charge in [0, 0.05) is 18.6 Å². The maximum atomic E-state index is 12.0. The van der Waals surface area contributed by atoms with E-state index < -0.39 is 15.6 Å². The average molecular weight is 347 g/mol. The van der Waals surface area contributed by atoms with Gasteiger partial charge in [0.05, 0.1) is 5.75 Å². The lowest BCUT2D eigenvalue weighted by molar-refractivity contribution is -0.119. The average Bonchev–Trinajstić information content (AvgIpc) is 2.43. The second kappa shape index (κ2) is 8.47. The molecule has 1 rings (SSSR count). The fourth-order valence-corrected chi connectivity index (χ4v) is 4.83. The zero-order chi connectivity index (χ0) is 17.7. The molecule has 23 heavy (non-hydrogen) atoms. The van der Waals surface area contributed by atoms with E-state index in [1.54, 1.807) is 0 Å². The lowest BCUT2D eigenvalue weighted by Crippen LogP contribution is -2.55. The third-order valence-corrected chi connectivity index (χ3v) is 6.49. The summed E-state index contributed by atoms with van der Waals surface area (Å²) in [6.07, 6.45) is 3.66. The molecule has 0 bridgehead atoms. The number of likely N-dealkylation sites (tertiary alicyclic amines) is 1. The lowest BCUT2D eigenvalue weighted by Gasteiger charge is -2.43. The fraction of sp³-hybridized carbons (Fsp3) is 0.941. The van der Waals surface area contributed by atoms with Crippen LogP contribution in [0, 0.1) is 11.8 Å². The summed E-state index contributed by atoms with van der Waals surface area (Å²) in [5, 5.41) is 2.82. The summed E-state index contributed by atoms with van der Waals surface area (Å²) in [4.78, 5) is 14.4. The summed E-state index contributed by atoms with van der Waals surface area (Å²) in [7, 11) is -3.31. The van der Waals surface area contributed by atoms with Crippen molar-refractivity contribution in [2.45, 2.75) is 59.4 Å². The maximum Gasteiger partial charge on any atom is 0.235 e. The van der Waals surface area contributed by atoms with E-state index in [1.165, 1.54) is 19.3 Å². The van der Waals surface area contributed by atoms with E-state index in [2.05, 4.69) is 31.0 Å². The third-order valence-electron chi connectivity index (χ3n) is 4.61. The molecule has 136 valence electrons. The molecule has 1 fully saturated rings. The number of piperidine rings is 1. The third kappa shape index (κ3) is 7.21. The molecule has 0 radical (unpaired) electrons. The van der Waals surface area contributed by atoms with Crippen molar-refractivity contribution in [1.82, 2.24) is 10.2 Å². The van der Waals surface area contributed by atoms with Crippen LogP contribution in [0.5, 0.6) is 0 Å². The lowest BCUT2D eigenvalue weighted by atomic mass is 9.91. The Bertz CT molecular complexity index is 486. The van der Waals surface area contributed by atoms with Crippen LogP contribution in [0.15, 0.2) is 0 Å². The van der Waals surface area contributed by atoms with Gasteiger partial charge in [0.2, 0.25) is 5.91 Å². The van der Waals surface area contributed by atoms with Crippen LogP contribution in [0.25, 0.3) is 0 Å². The van der Waals surface area contributed by atoms with Gasteiger partial charge in [-0.1, -0.05) is 27.2 Å². The zero-order valence-corrected chi connectivity index (χ0v) is 16.2. The largest absolute Gasteiger partial charge is 0.353 e. The van der Waals surface area contributed by atoms with E-state index >= 15 is 0 Å². The Morgan fingerprint density at radius 3 is 2.57 bits per heavy atom. The molecular formula is C17H34N2O3S. The Morgan fingerprint density at radius 2 is 2.00 bits per heavy atom. The summed E-state index contributed by atoms with van der Waals surface area (Å²) in [6.45, 7) is 12.7. The van der Waals surface area contributed by atoms with Crippen molar-refractivity contribution in [3.8, 4) is 0 Å². The molecule has 1 aliphatic heterocycles. The number of amides is 1. The normalized spacial score (nSPS) is 20.7. The van der Waals surface area contributed by atoms with Crippen LogP contribution in [0.1, 0.15) is 53.9 Å². The Labute approximate surface area is 142 Å². The second-order valence-corrected chi connectivity index (χ2v) is 10.0. The van der Waals surface area contributed by atoms with Gasteiger partial charge in [0.1, 0.15) is 5.75 Å². The molecule has 0 spiro atoms. The minimum Gasteiger partial charge on any atom is -0.353 e. The van der Waals surface area contributed by atoms with Crippen molar-refractivity contribution in [2.75, 3.05) is 31.1 Å². The smallest absolute Gasteiger partial charge is 0.235 e. The highest BCUT2D eigenvalue weighted by Gasteiger charge is 2.31. The SMILES string of the molecule is CC[C@@H]1CCCN(C(C)(C)CNC(=O)CS(=O)(=O)CC(C)C)C1. The summed E-state index contributed by atoms with van der Waals surface area (Å²) in [5.74, 6) is 0.0453. The molecule has 1 atom stereocenters. The first kappa shape index (κ1) is 20.4. The van der Waals surface area contributed by atoms with Crippen molar-refractivity contribution < 1.29 is 13.2 Å². The topological polar surface area (TPSA) is 66.5 Å². The van der Waals surface area contributed by atoms with Gasteiger partial charge in [-0.3, -0.25) is 9.69 Å². The number of nitrogens with one attached hydrogen (secondary N) is 1. The number of rotatable bonds is 8. The van der Waals surface area contributed by atoms with Gasteiger partial charge in [0.25, 0.3) is 0 Å². The summed E-state index contributed by atoms with van der Waals surface area (Å²) >= 11 is 0. The molecule has 6 heteroatoms. The summed E-state index contributed by atoms with van der Waals surface area (Å²) in [5.41, 5.74) is -0.148. The molecule has 1 amide bonds. The molecule has 0 aromatic rings. The van der Waals surface area contributed by atoms with Gasteiger partial charge < -0.3 is 5.32 Å². The zero-order valence-electron chi connectivity index (χ0n) is 15.4. The fourth-order valence-electron chi connectivity index (χ4n) is 3.19. The number of carbonyl (C=O) groups is 1. The van der Waals surface area contributed by atoms with E-state index in [-0.39, 0.29) is 23.1 Å². The van der Waals surface area contributed by atoms with E-state index in [0.29, 0.717) is 6.54 Å². The van der Waals surface area contributed by atoms with Crippen LogP contribution in [-0.2, 0) is 14.6 Å². The summed E-state index contributed by atoms with van der Waals surface area (Å²) in [6, 6.07) is 0. The maximum absolute atomic E-state index is 12.0. The van der Waals surface area contributed by atoms with Gasteiger partial charge in [-0.2, -0.15) is 0 Å². The van der Waals surface area contributed by atoms with Crippen LogP contribution >= 0.6 is 0 Å². The van der Waals surface area contributed by atoms with Crippen molar-refractivity contribution in [3.63, 3.8) is 0 Å². The molecule has 0 aliphatic carbocycles. The molecule has 1 heterocycles. The predicted octanol–water partition coefficient (Wildman–Crippen LogP) is 2.07. The molecule has 0 aromatic carbocycles. The highest BCUT2D eigenvalue weighted by Crippen LogP contribution is 2.25.